The van der Waals surface area contributed by atoms with Crippen molar-refractivity contribution >= 4 is 33.5 Å². The fraction of sp³-hybridized carbons (Fsp3) is 0.389. The van der Waals surface area contributed by atoms with E-state index in [1.807, 2.05) is 43.1 Å². The highest BCUT2D eigenvalue weighted by molar-refractivity contribution is 7.10. The summed E-state index contributed by atoms with van der Waals surface area (Å²) in [6.45, 7) is 3.30. The monoisotopic (exact) mass is 356 g/mol. The summed E-state index contributed by atoms with van der Waals surface area (Å²) in [7, 11) is 1.82. The predicted octanol–water partition coefficient (Wildman–Crippen LogP) is 3.65. The lowest BCUT2D eigenvalue weighted by Crippen LogP contribution is -2.38. The average Bonchev–Trinajstić information content (AvgIpc) is 3.24. The molecular weight excluding hydrogens is 336 g/mol. The van der Waals surface area contributed by atoms with Crippen molar-refractivity contribution in [2.75, 3.05) is 25.5 Å². The van der Waals surface area contributed by atoms with Crippen LogP contribution >= 0.6 is 11.5 Å². The summed E-state index contributed by atoms with van der Waals surface area (Å²) >= 11 is 1.33. The maximum atomic E-state index is 12.9. The fourth-order valence-corrected chi connectivity index (χ4v) is 4.08. The third-order valence-electron chi connectivity index (χ3n) is 4.75. The Morgan fingerprint density at radius 3 is 2.80 bits per heavy atom. The van der Waals surface area contributed by atoms with E-state index in [1.54, 1.807) is 0 Å². The quantitative estimate of drug-likeness (QED) is 0.775. The smallest absolute Gasteiger partial charge is 0.258 e. The van der Waals surface area contributed by atoms with Gasteiger partial charge in [-0.15, -0.1) is 0 Å². The number of piperidine rings is 1. The lowest BCUT2D eigenvalue weighted by atomic mass is 9.96. The number of amides is 1. The number of nitrogens with zero attached hydrogens (tertiary/aromatic N) is 3. The van der Waals surface area contributed by atoms with Crippen LogP contribution in [0.25, 0.3) is 11.1 Å². The molecule has 1 N–H and O–H groups in total. The number of anilines is 1. The number of carbonyl (C=O) groups is 1. The Morgan fingerprint density at radius 2 is 2.08 bits per heavy atom. The van der Waals surface area contributed by atoms with Gasteiger partial charge in [0.15, 0.2) is 11.5 Å². The number of benzene rings is 1. The van der Waals surface area contributed by atoms with E-state index in [2.05, 4.69) is 14.7 Å². The van der Waals surface area contributed by atoms with Crippen molar-refractivity contribution in [2.45, 2.75) is 25.7 Å². The maximum absolute atomic E-state index is 12.9. The van der Waals surface area contributed by atoms with Crippen molar-refractivity contribution < 1.29 is 9.21 Å². The zero-order chi connectivity index (χ0) is 17.4. The van der Waals surface area contributed by atoms with Crippen LogP contribution in [0.3, 0.4) is 0 Å². The minimum absolute atomic E-state index is 0.0617. The minimum atomic E-state index is 0.0617. The molecule has 1 aliphatic rings. The SMILES string of the molecule is CNc1snc(C)c1C(=O)N1CCC(c2nc3ccccc3o2)CC1. The first-order valence-electron chi connectivity index (χ1n) is 8.46. The molecule has 0 aliphatic carbocycles. The Morgan fingerprint density at radius 1 is 1.32 bits per heavy atom. The van der Waals surface area contributed by atoms with Crippen LogP contribution in [-0.4, -0.2) is 40.3 Å². The van der Waals surface area contributed by atoms with Crippen LogP contribution in [0, 0.1) is 6.92 Å². The summed E-state index contributed by atoms with van der Waals surface area (Å²) in [6.07, 6.45) is 1.73. The molecule has 4 rings (SSSR count). The first-order chi connectivity index (χ1) is 12.2. The molecule has 1 aromatic carbocycles. The van der Waals surface area contributed by atoms with E-state index in [9.17, 15) is 4.79 Å². The predicted molar refractivity (Wildman–Crippen MR) is 98.3 cm³/mol. The maximum Gasteiger partial charge on any atom is 0.258 e. The largest absolute Gasteiger partial charge is 0.440 e. The van der Waals surface area contributed by atoms with Crippen molar-refractivity contribution in [1.29, 1.82) is 0 Å². The number of aromatic nitrogens is 2. The second-order valence-electron chi connectivity index (χ2n) is 6.31. The molecule has 25 heavy (non-hydrogen) atoms. The zero-order valence-electron chi connectivity index (χ0n) is 14.3. The summed E-state index contributed by atoms with van der Waals surface area (Å²) in [5.41, 5.74) is 3.22. The van der Waals surface area contributed by atoms with E-state index in [4.69, 9.17) is 4.42 Å². The minimum Gasteiger partial charge on any atom is -0.440 e. The Kier molecular flexibility index (Phi) is 4.17. The van der Waals surface area contributed by atoms with Gasteiger partial charge in [0.2, 0.25) is 0 Å². The number of nitrogens with one attached hydrogen (secondary N) is 1. The van der Waals surface area contributed by atoms with Gasteiger partial charge in [-0.25, -0.2) is 4.98 Å². The molecule has 0 radical (unpaired) electrons. The van der Waals surface area contributed by atoms with Crippen LogP contribution in [-0.2, 0) is 0 Å². The van der Waals surface area contributed by atoms with Gasteiger partial charge in [-0.2, -0.15) is 4.37 Å². The molecule has 1 aliphatic heterocycles. The van der Waals surface area contributed by atoms with Crippen molar-refractivity contribution in [2.24, 2.45) is 0 Å². The van der Waals surface area contributed by atoms with Crippen molar-refractivity contribution in [3.63, 3.8) is 0 Å². The molecule has 0 bridgehead atoms. The number of hydrogen-bond acceptors (Lipinski definition) is 6. The lowest BCUT2D eigenvalue weighted by Gasteiger charge is -2.30. The molecular formula is C18H20N4O2S. The van der Waals surface area contributed by atoms with E-state index in [-0.39, 0.29) is 11.8 Å². The Balaban J connectivity index is 1.47. The lowest BCUT2D eigenvalue weighted by molar-refractivity contribution is 0.0707. The van der Waals surface area contributed by atoms with Gasteiger partial charge in [0.05, 0.1) is 11.3 Å². The normalized spacial score (nSPS) is 15.7. The molecule has 0 spiro atoms. The van der Waals surface area contributed by atoms with Gasteiger partial charge in [-0.3, -0.25) is 4.79 Å². The molecule has 2 aromatic heterocycles. The van der Waals surface area contributed by atoms with Crippen molar-refractivity contribution in [3.05, 3.63) is 41.4 Å². The number of carbonyl (C=O) groups excluding carboxylic acids is 1. The van der Waals surface area contributed by atoms with Gasteiger partial charge >= 0.3 is 0 Å². The van der Waals surface area contributed by atoms with Crippen LogP contribution < -0.4 is 5.32 Å². The van der Waals surface area contributed by atoms with Gasteiger partial charge in [0.1, 0.15) is 10.5 Å². The molecule has 0 atom stereocenters. The summed E-state index contributed by atoms with van der Waals surface area (Å²) in [5.74, 6) is 1.12. The topological polar surface area (TPSA) is 71.3 Å². The number of rotatable bonds is 3. The number of likely N-dealkylation sites (tertiary alicyclic amines) is 1. The van der Waals surface area contributed by atoms with E-state index >= 15 is 0 Å². The van der Waals surface area contributed by atoms with Gasteiger partial charge < -0.3 is 14.6 Å². The molecule has 3 heterocycles. The number of para-hydroxylation sites is 2. The fourth-order valence-electron chi connectivity index (χ4n) is 3.34. The van der Waals surface area contributed by atoms with E-state index in [0.717, 1.165) is 40.5 Å². The second-order valence-corrected chi connectivity index (χ2v) is 7.08. The first-order valence-corrected chi connectivity index (χ1v) is 9.23. The summed E-state index contributed by atoms with van der Waals surface area (Å²) in [4.78, 5) is 19.4. The Bertz CT molecular complexity index is 876. The van der Waals surface area contributed by atoms with Crippen LogP contribution in [0.1, 0.15) is 40.7 Å². The van der Waals surface area contributed by atoms with Crippen molar-refractivity contribution in [3.8, 4) is 0 Å². The zero-order valence-corrected chi connectivity index (χ0v) is 15.1. The molecule has 1 amide bonds. The van der Waals surface area contributed by atoms with Gasteiger partial charge in [-0.1, -0.05) is 12.1 Å². The molecule has 7 heteroatoms. The second kappa shape index (κ2) is 6.48. The molecule has 0 saturated carbocycles. The molecule has 3 aromatic rings. The number of aryl methyl sites for hydroxylation is 1. The number of fused-ring (bicyclic) bond motifs is 1. The molecule has 1 saturated heterocycles. The van der Waals surface area contributed by atoms with Crippen LogP contribution in [0.15, 0.2) is 28.7 Å². The Hall–Kier alpha value is -2.41. The van der Waals surface area contributed by atoms with Gasteiger partial charge in [-0.05, 0) is 43.4 Å². The van der Waals surface area contributed by atoms with Crippen LogP contribution in [0.4, 0.5) is 5.00 Å². The molecule has 0 unspecified atom stereocenters. The first kappa shape index (κ1) is 16.1. The van der Waals surface area contributed by atoms with E-state index in [0.29, 0.717) is 18.7 Å². The Labute approximate surface area is 150 Å². The third-order valence-corrected chi connectivity index (χ3v) is 5.70. The summed E-state index contributed by atoms with van der Waals surface area (Å²) < 4.78 is 10.2. The number of hydrogen-bond donors (Lipinski definition) is 1. The molecule has 6 nitrogen and oxygen atoms in total. The highest BCUT2D eigenvalue weighted by atomic mass is 32.1. The van der Waals surface area contributed by atoms with Gasteiger partial charge in [0.25, 0.3) is 5.91 Å². The van der Waals surface area contributed by atoms with E-state index in [1.165, 1.54) is 11.5 Å². The highest BCUT2D eigenvalue weighted by Gasteiger charge is 2.30. The van der Waals surface area contributed by atoms with Crippen LogP contribution in [0.5, 0.6) is 0 Å². The highest BCUT2D eigenvalue weighted by Crippen LogP contribution is 2.32. The van der Waals surface area contributed by atoms with E-state index < -0.39 is 0 Å². The average molecular weight is 356 g/mol. The van der Waals surface area contributed by atoms with Crippen molar-refractivity contribution in [1.82, 2.24) is 14.3 Å². The third kappa shape index (κ3) is 2.89. The van der Waals surface area contributed by atoms with Crippen LogP contribution in [0.2, 0.25) is 0 Å². The summed E-state index contributed by atoms with van der Waals surface area (Å²) in [6, 6.07) is 7.82. The number of oxazole rings is 1. The summed E-state index contributed by atoms with van der Waals surface area (Å²) in [5, 5.41) is 3.91. The standard InChI is InChI=1S/C18H20N4O2S/c1-11-15(17(19-2)25-21-11)18(23)22-9-7-12(8-10-22)16-20-13-5-3-4-6-14(13)24-16/h3-6,12,19H,7-10H2,1-2H3. The molecule has 1 fully saturated rings. The van der Waals surface area contributed by atoms with Gasteiger partial charge in [0, 0.05) is 26.1 Å². The molecule has 130 valence electrons.